The monoisotopic (exact) mass is 231 g/mol. The van der Waals surface area contributed by atoms with E-state index in [4.69, 9.17) is 22.0 Å². The number of hydrogen-bond acceptors (Lipinski definition) is 2. The van der Waals surface area contributed by atoms with E-state index in [0.717, 1.165) is 12.1 Å². The molecule has 0 spiro atoms. The molecule has 0 heterocycles. The molecule has 0 aromatic heterocycles. The van der Waals surface area contributed by atoms with Crippen LogP contribution in [0.1, 0.15) is 11.5 Å². The summed E-state index contributed by atoms with van der Waals surface area (Å²) in [5.74, 6) is -5.85. The Kier molecular flexibility index (Phi) is 3.22. The molecular formula is C9H4ClF2NO2. The smallest absolute Gasteiger partial charge is 0.325 e. The highest BCUT2D eigenvalue weighted by Crippen LogP contribution is 2.27. The molecule has 1 aromatic rings. The quantitative estimate of drug-likeness (QED) is 0.795. The number of halogens is 3. The van der Waals surface area contributed by atoms with Crippen LogP contribution in [0.3, 0.4) is 0 Å². The van der Waals surface area contributed by atoms with Crippen molar-refractivity contribution in [2.24, 2.45) is 0 Å². The fraction of sp³-hybridized carbons (Fsp3) is 0.111. The number of carbonyl (C=O) groups is 1. The van der Waals surface area contributed by atoms with Gasteiger partial charge in [0.15, 0.2) is 5.92 Å². The topological polar surface area (TPSA) is 61.1 Å². The molecule has 0 fully saturated rings. The molecule has 3 nitrogen and oxygen atoms in total. The molecule has 0 aliphatic rings. The largest absolute Gasteiger partial charge is 0.480 e. The second kappa shape index (κ2) is 4.24. The first-order valence-electron chi connectivity index (χ1n) is 3.74. The lowest BCUT2D eigenvalue weighted by molar-refractivity contribution is -0.137. The van der Waals surface area contributed by atoms with Gasteiger partial charge in [-0.3, -0.25) is 4.79 Å². The Labute approximate surface area is 88.5 Å². The van der Waals surface area contributed by atoms with Gasteiger partial charge in [0.1, 0.15) is 11.6 Å². The molecule has 0 saturated heterocycles. The summed E-state index contributed by atoms with van der Waals surface area (Å²) in [6.45, 7) is 0. The Morgan fingerprint density at radius 1 is 1.53 bits per heavy atom. The summed E-state index contributed by atoms with van der Waals surface area (Å²) >= 11 is 5.35. The van der Waals surface area contributed by atoms with Gasteiger partial charge >= 0.3 is 5.97 Å². The van der Waals surface area contributed by atoms with Crippen molar-refractivity contribution in [3.05, 3.63) is 34.4 Å². The third-order valence-electron chi connectivity index (χ3n) is 1.74. The first-order valence-corrected chi connectivity index (χ1v) is 4.12. The number of carboxylic acid groups (broad SMARTS) is 1. The predicted molar refractivity (Wildman–Crippen MR) is 47.4 cm³/mol. The van der Waals surface area contributed by atoms with Gasteiger partial charge in [0.25, 0.3) is 0 Å². The number of nitrogens with zero attached hydrogens (tertiary/aromatic N) is 1. The molecule has 0 saturated carbocycles. The van der Waals surface area contributed by atoms with Gasteiger partial charge in [0, 0.05) is 0 Å². The van der Waals surface area contributed by atoms with Crippen LogP contribution in [0.2, 0.25) is 5.02 Å². The Hall–Kier alpha value is -1.67. The van der Waals surface area contributed by atoms with Crippen LogP contribution in [0, 0.1) is 23.0 Å². The second-order valence-electron chi connectivity index (χ2n) is 2.66. The zero-order valence-corrected chi connectivity index (χ0v) is 7.92. The Balaban J connectivity index is 3.42. The third-order valence-corrected chi connectivity index (χ3v) is 2.04. The Morgan fingerprint density at radius 2 is 2.13 bits per heavy atom. The van der Waals surface area contributed by atoms with Crippen LogP contribution in [-0.4, -0.2) is 11.1 Å². The van der Waals surface area contributed by atoms with Gasteiger partial charge in [-0.25, -0.2) is 8.78 Å². The van der Waals surface area contributed by atoms with E-state index in [9.17, 15) is 13.6 Å². The second-order valence-corrected chi connectivity index (χ2v) is 3.06. The van der Waals surface area contributed by atoms with Gasteiger partial charge in [-0.15, -0.1) is 0 Å². The molecule has 6 heteroatoms. The summed E-state index contributed by atoms with van der Waals surface area (Å²) in [7, 11) is 0. The van der Waals surface area contributed by atoms with Crippen LogP contribution in [-0.2, 0) is 4.79 Å². The predicted octanol–water partition coefficient (Wildman–Crippen LogP) is 2.31. The van der Waals surface area contributed by atoms with Crippen molar-refractivity contribution in [2.75, 3.05) is 0 Å². The highest BCUT2D eigenvalue weighted by Gasteiger charge is 2.27. The number of rotatable bonds is 2. The Morgan fingerprint density at radius 3 is 2.60 bits per heavy atom. The first kappa shape index (κ1) is 11.4. The standard InChI is InChI=1S/C9H4ClF2NO2/c10-5-1-2-6(11)7(8(5)12)4(3-13)9(14)15/h1-2,4H,(H,14,15). The van der Waals surface area contributed by atoms with Gasteiger partial charge in [-0.05, 0) is 12.1 Å². The van der Waals surface area contributed by atoms with E-state index in [1.807, 2.05) is 0 Å². The van der Waals surface area contributed by atoms with Crippen LogP contribution < -0.4 is 0 Å². The fourth-order valence-corrected chi connectivity index (χ4v) is 1.22. The van der Waals surface area contributed by atoms with Gasteiger partial charge in [0.05, 0.1) is 16.7 Å². The van der Waals surface area contributed by atoms with Crippen LogP contribution in [0.15, 0.2) is 12.1 Å². The number of nitriles is 1. The molecule has 0 aliphatic heterocycles. The van der Waals surface area contributed by atoms with Crippen molar-refractivity contribution in [2.45, 2.75) is 5.92 Å². The number of benzene rings is 1. The van der Waals surface area contributed by atoms with Crippen molar-refractivity contribution in [3.8, 4) is 6.07 Å². The van der Waals surface area contributed by atoms with Crippen LogP contribution in [0.5, 0.6) is 0 Å². The highest BCUT2D eigenvalue weighted by atomic mass is 35.5. The Bertz CT molecular complexity index is 456. The van der Waals surface area contributed by atoms with Gasteiger partial charge < -0.3 is 5.11 Å². The molecule has 15 heavy (non-hydrogen) atoms. The average Bonchev–Trinajstić information content (AvgIpc) is 2.18. The zero-order valence-electron chi connectivity index (χ0n) is 7.17. The van der Waals surface area contributed by atoms with E-state index in [1.165, 1.54) is 6.07 Å². The lowest BCUT2D eigenvalue weighted by Crippen LogP contribution is -2.13. The molecule has 1 N–H and O–H groups in total. The van der Waals surface area contributed by atoms with Crippen molar-refractivity contribution in [1.29, 1.82) is 5.26 Å². The molecule has 1 rings (SSSR count). The zero-order chi connectivity index (χ0) is 11.6. The summed E-state index contributed by atoms with van der Waals surface area (Å²) in [5, 5.41) is 16.6. The van der Waals surface area contributed by atoms with Gasteiger partial charge in [0.2, 0.25) is 0 Å². The summed E-state index contributed by atoms with van der Waals surface area (Å²) in [6.07, 6.45) is 0. The van der Waals surface area contributed by atoms with Crippen molar-refractivity contribution < 1.29 is 18.7 Å². The summed E-state index contributed by atoms with van der Waals surface area (Å²) in [4.78, 5) is 10.5. The maximum Gasteiger partial charge on any atom is 0.325 e. The molecule has 1 unspecified atom stereocenters. The van der Waals surface area contributed by atoms with E-state index >= 15 is 0 Å². The minimum Gasteiger partial charge on any atom is -0.480 e. The van der Waals surface area contributed by atoms with E-state index in [2.05, 4.69) is 0 Å². The summed E-state index contributed by atoms with van der Waals surface area (Å²) in [6, 6.07) is 3.05. The lowest BCUT2D eigenvalue weighted by Gasteiger charge is -2.07. The molecule has 78 valence electrons. The van der Waals surface area contributed by atoms with E-state index in [-0.39, 0.29) is 0 Å². The maximum atomic E-state index is 13.3. The van der Waals surface area contributed by atoms with Crippen molar-refractivity contribution >= 4 is 17.6 Å². The van der Waals surface area contributed by atoms with Crippen LogP contribution in [0.25, 0.3) is 0 Å². The third kappa shape index (κ3) is 2.05. The SMILES string of the molecule is N#CC(C(=O)O)c1c(F)ccc(Cl)c1F. The summed E-state index contributed by atoms with van der Waals surface area (Å²) < 4.78 is 26.4. The summed E-state index contributed by atoms with van der Waals surface area (Å²) in [5.41, 5.74) is -0.836. The molecule has 0 aliphatic carbocycles. The minimum atomic E-state index is -1.90. The molecule has 1 atom stereocenters. The first-order chi connectivity index (χ1) is 6.99. The van der Waals surface area contributed by atoms with E-state index in [1.54, 1.807) is 0 Å². The lowest BCUT2D eigenvalue weighted by atomic mass is 9.99. The van der Waals surface area contributed by atoms with Gasteiger partial charge in [-0.1, -0.05) is 11.6 Å². The number of aliphatic carboxylic acids is 1. The van der Waals surface area contributed by atoms with Crippen LogP contribution in [0.4, 0.5) is 8.78 Å². The average molecular weight is 232 g/mol. The molecule has 1 aromatic carbocycles. The normalized spacial score (nSPS) is 11.9. The van der Waals surface area contributed by atoms with Crippen molar-refractivity contribution in [1.82, 2.24) is 0 Å². The highest BCUT2D eigenvalue weighted by molar-refractivity contribution is 6.30. The van der Waals surface area contributed by atoms with E-state index < -0.39 is 34.1 Å². The fourth-order valence-electron chi connectivity index (χ4n) is 1.05. The van der Waals surface area contributed by atoms with Crippen molar-refractivity contribution in [3.63, 3.8) is 0 Å². The maximum absolute atomic E-state index is 13.3. The van der Waals surface area contributed by atoms with E-state index in [0.29, 0.717) is 0 Å². The number of hydrogen-bond donors (Lipinski definition) is 1. The molecule has 0 bridgehead atoms. The van der Waals surface area contributed by atoms with Gasteiger partial charge in [-0.2, -0.15) is 5.26 Å². The minimum absolute atomic E-state index is 0.423. The van der Waals surface area contributed by atoms with Crippen LogP contribution >= 0.6 is 11.6 Å². The number of carboxylic acids is 1. The molecular weight excluding hydrogens is 228 g/mol. The molecule has 0 radical (unpaired) electrons. The molecule has 0 amide bonds.